The molecule has 0 bridgehead atoms. The number of nitrogens with one attached hydrogen (secondary N) is 1. The second-order valence-corrected chi connectivity index (χ2v) is 11.2. The molecule has 2 N–H and O–H groups in total. The summed E-state index contributed by atoms with van der Waals surface area (Å²) in [6, 6.07) is 2.63. The van der Waals surface area contributed by atoms with Crippen LogP contribution in [0.3, 0.4) is 0 Å². The van der Waals surface area contributed by atoms with E-state index in [2.05, 4.69) is 34.0 Å². The molecule has 2 saturated heterocycles. The lowest BCUT2D eigenvalue weighted by atomic mass is 10.0. The summed E-state index contributed by atoms with van der Waals surface area (Å²) in [5.41, 5.74) is 0.870. The Bertz CT molecular complexity index is 1450. The van der Waals surface area contributed by atoms with Crippen molar-refractivity contribution in [2.75, 3.05) is 31.7 Å². The van der Waals surface area contributed by atoms with Crippen molar-refractivity contribution >= 4 is 16.9 Å². The van der Waals surface area contributed by atoms with E-state index in [4.69, 9.17) is 9.47 Å². The standard InChI is InChI=1S/C29H37F2N5O4/c1-15(2)36-23(11-35-16(3)12-40-13-17(35)4)18(5)28(38)20-7-6-19(25(31)27(20)36)26-21(30)10-32-29(34-26)33-22-8-9-39-14-24(22)37/h6-7,10,15-17,22,24,37H,8-9,11-14H2,1-5H3,(H,32,33,34)/t16-,17-,22+,24+/m0/s1. The highest BCUT2D eigenvalue weighted by Gasteiger charge is 2.30. The van der Waals surface area contributed by atoms with Crippen LogP contribution in [0.5, 0.6) is 0 Å². The molecule has 40 heavy (non-hydrogen) atoms. The number of anilines is 1. The Morgan fingerprint density at radius 2 is 1.88 bits per heavy atom. The number of pyridine rings is 1. The number of hydrogen-bond donors (Lipinski definition) is 2. The van der Waals surface area contributed by atoms with Crippen molar-refractivity contribution in [3.8, 4) is 11.3 Å². The molecule has 0 saturated carbocycles. The Balaban J connectivity index is 1.64. The molecular weight excluding hydrogens is 520 g/mol. The number of fused-ring (bicyclic) bond motifs is 1. The molecule has 2 aromatic heterocycles. The van der Waals surface area contributed by atoms with Gasteiger partial charge in [0.1, 0.15) is 5.69 Å². The molecule has 9 nitrogen and oxygen atoms in total. The SMILES string of the molecule is Cc1c(CN2[C@@H](C)COC[C@@H]2C)n(C(C)C)c2c(F)c(-c3nc(N[C@@H]4CCOC[C@H]4O)ncc3F)ccc2c1=O. The Morgan fingerprint density at radius 1 is 1.15 bits per heavy atom. The van der Waals surface area contributed by atoms with Gasteiger partial charge in [-0.2, -0.15) is 0 Å². The Morgan fingerprint density at radius 3 is 2.55 bits per heavy atom. The van der Waals surface area contributed by atoms with Crippen molar-refractivity contribution in [2.45, 2.75) is 77.9 Å². The van der Waals surface area contributed by atoms with Gasteiger partial charge in [-0.05, 0) is 53.2 Å². The van der Waals surface area contributed by atoms with Crippen LogP contribution in [0.25, 0.3) is 22.2 Å². The first-order chi connectivity index (χ1) is 19.1. The number of ether oxygens (including phenoxy) is 2. The molecule has 4 atom stereocenters. The highest BCUT2D eigenvalue weighted by Crippen LogP contribution is 2.33. The van der Waals surface area contributed by atoms with Crippen LogP contribution in [0.2, 0.25) is 0 Å². The minimum absolute atomic E-state index is 0.0697. The number of halogens is 2. The fraction of sp³-hybridized carbons (Fsp3) is 0.552. The lowest BCUT2D eigenvalue weighted by molar-refractivity contribution is -0.0421. The first-order valence-electron chi connectivity index (χ1n) is 13.8. The van der Waals surface area contributed by atoms with Crippen LogP contribution in [0.1, 0.15) is 51.4 Å². The topological polar surface area (TPSA) is 102 Å². The monoisotopic (exact) mass is 557 g/mol. The first-order valence-corrected chi connectivity index (χ1v) is 13.8. The second kappa shape index (κ2) is 11.5. The average Bonchev–Trinajstić information content (AvgIpc) is 2.91. The van der Waals surface area contributed by atoms with Crippen molar-refractivity contribution in [2.24, 2.45) is 0 Å². The summed E-state index contributed by atoms with van der Waals surface area (Å²) >= 11 is 0. The summed E-state index contributed by atoms with van der Waals surface area (Å²) in [6.45, 7) is 12.1. The molecule has 0 unspecified atom stereocenters. The molecular formula is C29H37F2N5O4. The number of hydrogen-bond acceptors (Lipinski definition) is 8. The van der Waals surface area contributed by atoms with E-state index < -0.39 is 17.7 Å². The molecule has 2 aliphatic rings. The van der Waals surface area contributed by atoms with Gasteiger partial charge < -0.3 is 24.5 Å². The maximum absolute atomic E-state index is 16.5. The molecule has 1 aromatic carbocycles. The van der Waals surface area contributed by atoms with Crippen LogP contribution in [0, 0.1) is 18.6 Å². The van der Waals surface area contributed by atoms with E-state index in [1.165, 1.54) is 6.07 Å². The van der Waals surface area contributed by atoms with E-state index >= 15 is 8.78 Å². The zero-order valence-electron chi connectivity index (χ0n) is 23.6. The third-order valence-corrected chi connectivity index (χ3v) is 8.01. The van der Waals surface area contributed by atoms with Gasteiger partial charge >= 0.3 is 0 Å². The van der Waals surface area contributed by atoms with Gasteiger partial charge in [-0.1, -0.05) is 0 Å². The molecule has 216 valence electrons. The quantitative estimate of drug-likeness (QED) is 0.472. The summed E-state index contributed by atoms with van der Waals surface area (Å²) < 4.78 is 44.4. The largest absolute Gasteiger partial charge is 0.389 e. The number of benzene rings is 1. The Hall–Kier alpha value is -2.99. The van der Waals surface area contributed by atoms with Crippen LogP contribution in [0.4, 0.5) is 14.7 Å². The smallest absolute Gasteiger partial charge is 0.223 e. The fourth-order valence-corrected chi connectivity index (χ4v) is 5.78. The molecule has 0 radical (unpaired) electrons. The predicted octanol–water partition coefficient (Wildman–Crippen LogP) is 3.80. The minimum atomic E-state index is -0.793. The number of morpholine rings is 1. The number of nitrogens with zero attached hydrogens (tertiary/aromatic N) is 4. The zero-order valence-corrected chi connectivity index (χ0v) is 23.6. The van der Waals surface area contributed by atoms with Crippen molar-refractivity contribution in [3.63, 3.8) is 0 Å². The maximum atomic E-state index is 16.5. The van der Waals surface area contributed by atoms with Gasteiger partial charge in [-0.25, -0.2) is 18.7 Å². The van der Waals surface area contributed by atoms with Crippen molar-refractivity contribution in [3.05, 3.63) is 51.4 Å². The van der Waals surface area contributed by atoms with E-state index in [0.29, 0.717) is 38.3 Å². The van der Waals surface area contributed by atoms with Gasteiger partial charge in [0.15, 0.2) is 17.1 Å². The number of aromatic nitrogens is 3. The lowest BCUT2D eigenvalue weighted by Crippen LogP contribution is -2.49. The van der Waals surface area contributed by atoms with E-state index in [9.17, 15) is 9.90 Å². The van der Waals surface area contributed by atoms with Crippen LogP contribution in [0.15, 0.2) is 23.1 Å². The van der Waals surface area contributed by atoms with Crippen molar-refractivity contribution < 1.29 is 23.4 Å². The number of aliphatic hydroxyl groups is 1. The Kier molecular flexibility index (Phi) is 8.19. The minimum Gasteiger partial charge on any atom is -0.389 e. The molecule has 2 fully saturated rings. The third kappa shape index (κ3) is 5.23. The first kappa shape index (κ1) is 28.5. The van der Waals surface area contributed by atoms with Crippen molar-refractivity contribution in [1.29, 1.82) is 0 Å². The van der Waals surface area contributed by atoms with Crippen LogP contribution < -0.4 is 10.7 Å². The van der Waals surface area contributed by atoms with Crippen LogP contribution in [-0.4, -0.2) is 75.2 Å². The van der Waals surface area contributed by atoms with E-state index in [0.717, 1.165) is 11.9 Å². The molecule has 0 aliphatic carbocycles. The van der Waals surface area contributed by atoms with Crippen LogP contribution in [-0.2, 0) is 16.0 Å². The van der Waals surface area contributed by atoms with E-state index in [1.54, 1.807) is 13.0 Å². The summed E-state index contributed by atoms with van der Waals surface area (Å²) in [5.74, 6) is -1.44. The highest BCUT2D eigenvalue weighted by molar-refractivity contribution is 5.86. The molecule has 0 spiro atoms. The summed E-state index contributed by atoms with van der Waals surface area (Å²) in [5, 5.41) is 13.5. The van der Waals surface area contributed by atoms with Gasteiger partial charge in [-0.3, -0.25) is 9.69 Å². The van der Waals surface area contributed by atoms with Gasteiger partial charge in [0, 0.05) is 53.5 Å². The Labute approximate surface area is 232 Å². The molecule has 4 heterocycles. The van der Waals surface area contributed by atoms with Gasteiger partial charge in [0.2, 0.25) is 5.95 Å². The maximum Gasteiger partial charge on any atom is 0.223 e. The molecule has 5 rings (SSSR count). The molecule has 0 amide bonds. The average molecular weight is 558 g/mol. The van der Waals surface area contributed by atoms with Crippen LogP contribution >= 0.6 is 0 Å². The van der Waals surface area contributed by atoms with Crippen molar-refractivity contribution in [1.82, 2.24) is 19.4 Å². The zero-order chi connectivity index (χ0) is 28.7. The predicted molar refractivity (Wildman–Crippen MR) is 148 cm³/mol. The van der Waals surface area contributed by atoms with Gasteiger partial charge in [-0.15, -0.1) is 0 Å². The summed E-state index contributed by atoms with van der Waals surface area (Å²) in [6.07, 6.45) is 0.726. The number of aliphatic hydroxyl groups excluding tert-OH is 1. The molecule has 11 heteroatoms. The second-order valence-electron chi connectivity index (χ2n) is 11.2. The fourth-order valence-electron chi connectivity index (χ4n) is 5.78. The summed E-state index contributed by atoms with van der Waals surface area (Å²) in [7, 11) is 0. The normalized spacial score (nSPS) is 24.1. The number of rotatable bonds is 6. The van der Waals surface area contributed by atoms with Gasteiger partial charge in [0.25, 0.3) is 0 Å². The highest BCUT2D eigenvalue weighted by atomic mass is 19.1. The van der Waals surface area contributed by atoms with E-state index in [1.807, 2.05) is 18.4 Å². The van der Waals surface area contributed by atoms with Gasteiger partial charge in [0.05, 0.1) is 43.7 Å². The lowest BCUT2D eigenvalue weighted by Gasteiger charge is -2.39. The summed E-state index contributed by atoms with van der Waals surface area (Å²) in [4.78, 5) is 24.1. The van der Waals surface area contributed by atoms with E-state index in [-0.39, 0.29) is 64.3 Å². The molecule has 3 aromatic rings. The third-order valence-electron chi connectivity index (χ3n) is 8.01. The molecule has 2 aliphatic heterocycles.